The van der Waals surface area contributed by atoms with Gasteiger partial charge in [0.1, 0.15) is 17.5 Å². The summed E-state index contributed by atoms with van der Waals surface area (Å²) in [6.07, 6.45) is 1.34. The fraction of sp³-hybridized carbons (Fsp3) is 0.214. The molecule has 0 saturated heterocycles. The van der Waals surface area contributed by atoms with Crippen LogP contribution in [0, 0.1) is 11.3 Å². The van der Waals surface area contributed by atoms with E-state index < -0.39 is 0 Å². The molecular formula is C14H13N5O2S2. The Balaban J connectivity index is 1.93. The van der Waals surface area contributed by atoms with Crippen molar-refractivity contribution in [2.75, 3.05) is 11.5 Å². The Bertz CT molecular complexity index is 782. The van der Waals surface area contributed by atoms with Crippen LogP contribution < -0.4 is 11.1 Å². The minimum atomic E-state index is -0.114. The Morgan fingerprint density at radius 1 is 1.48 bits per heavy atom. The number of nitriles is 1. The molecule has 2 rings (SSSR count). The van der Waals surface area contributed by atoms with Gasteiger partial charge in [0.05, 0.1) is 23.4 Å². The van der Waals surface area contributed by atoms with Crippen LogP contribution in [0.3, 0.4) is 0 Å². The first-order valence-corrected chi connectivity index (χ1v) is 8.31. The molecule has 0 atom stereocenters. The summed E-state index contributed by atoms with van der Waals surface area (Å²) >= 11 is 2.50. The molecule has 3 N–H and O–H groups in total. The molecule has 0 aliphatic carbocycles. The molecule has 2 heterocycles. The van der Waals surface area contributed by atoms with Crippen molar-refractivity contribution >= 4 is 40.6 Å². The molecule has 0 aromatic carbocycles. The number of hydrogen-bond donors (Lipinski definition) is 2. The van der Waals surface area contributed by atoms with Crippen molar-refractivity contribution in [1.29, 1.82) is 5.26 Å². The lowest BCUT2D eigenvalue weighted by Crippen LogP contribution is -2.18. The number of nitrogens with one attached hydrogen (secondary N) is 1. The lowest BCUT2D eigenvalue weighted by molar-refractivity contribution is -0.119. The number of thioether (sulfide) groups is 1. The van der Waals surface area contributed by atoms with Crippen molar-refractivity contribution in [2.24, 2.45) is 0 Å². The summed E-state index contributed by atoms with van der Waals surface area (Å²) in [5.41, 5.74) is 5.82. The highest BCUT2D eigenvalue weighted by atomic mass is 32.2. The van der Waals surface area contributed by atoms with Crippen molar-refractivity contribution in [3.8, 4) is 6.07 Å². The van der Waals surface area contributed by atoms with Gasteiger partial charge in [0.25, 0.3) is 0 Å². The molecule has 0 aliphatic heterocycles. The maximum atomic E-state index is 12.1. The Morgan fingerprint density at radius 3 is 2.91 bits per heavy atom. The van der Waals surface area contributed by atoms with Crippen LogP contribution in [0.1, 0.15) is 27.0 Å². The third kappa shape index (κ3) is 4.77. The summed E-state index contributed by atoms with van der Waals surface area (Å²) in [6, 6.07) is 5.43. The van der Waals surface area contributed by atoms with Crippen molar-refractivity contribution in [2.45, 2.75) is 18.6 Å². The molecule has 0 bridgehead atoms. The minimum absolute atomic E-state index is 0.0550. The van der Waals surface area contributed by atoms with Crippen LogP contribution in [0.25, 0.3) is 0 Å². The van der Waals surface area contributed by atoms with E-state index in [0.29, 0.717) is 16.6 Å². The second kappa shape index (κ2) is 7.71. The third-order valence-corrected chi connectivity index (χ3v) is 4.68. The largest absolute Gasteiger partial charge is 0.382 e. The van der Waals surface area contributed by atoms with Crippen molar-refractivity contribution in [1.82, 2.24) is 15.3 Å². The van der Waals surface area contributed by atoms with E-state index in [9.17, 15) is 9.59 Å². The summed E-state index contributed by atoms with van der Waals surface area (Å²) in [4.78, 5) is 32.5. The summed E-state index contributed by atoms with van der Waals surface area (Å²) in [5.74, 6) is 0.106. The normalized spacial score (nSPS) is 10.1. The number of nitrogens with zero attached hydrogens (tertiary/aromatic N) is 3. The standard InChI is InChI=1S/C14H13N5O2S2/c1-8(20)17-6-10-2-3-12(23-10)11(21)7-22-14-18-5-9(4-15)13(16)19-14/h2-3,5H,6-7H2,1H3,(H,17,20)(H2,16,18,19). The Labute approximate surface area is 140 Å². The van der Waals surface area contributed by atoms with Crippen molar-refractivity contribution in [3.63, 3.8) is 0 Å². The maximum absolute atomic E-state index is 12.1. The van der Waals surface area contributed by atoms with Gasteiger partial charge >= 0.3 is 0 Å². The zero-order chi connectivity index (χ0) is 16.8. The number of nitrogen functional groups attached to an aromatic ring is 1. The lowest BCUT2D eigenvalue weighted by atomic mass is 10.3. The average Bonchev–Trinajstić information content (AvgIpc) is 3.00. The second-order valence-corrected chi connectivity index (χ2v) is 6.56. The van der Waals surface area contributed by atoms with Crippen LogP contribution in [-0.2, 0) is 11.3 Å². The summed E-state index contributed by atoms with van der Waals surface area (Å²) in [5, 5.41) is 11.8. The van der Waals surface area contributed by atoms with E-state index >= 15 is 0 Å². The number of carbonyl (C=O) groups excluding carboxylic acids is 2. The average molecular weight is 347 g/mol. The molecule has 0 aliphatic rings. The Hall–Kier alpha value is -2.44. The number of ketones is 1. The molecule has 9 heteroatoms. The smallest absolute Gasteiger partial charge is 0.217 e. The lowest BCUT2D eigenvalue weighted by Gasteiger charge is -2.01. The highest BCUT2D eigenvalue weighted by Crippen LogP contribution is 2.21. The van der Waals surface area contributed by atoms with Gasteiger partial charge in [0.2, 0.25) is 5.91 Å². The number of thiophene rings is 1. The predicted octanol–water partition coefficient (Wildman–Crippen LogP) is 1.60. The maximum Gasteiger partial charge on any atom is 0.217 e. The van der Waals surface area contributed by atoms with Crippen molar-refractivity contribution < 1.29 is 9.59 Å². The first kappa shape index (κ1) is 16.9. The third-order valence-electron chi connectivity index (χ3n) is 2.70. The topological polar surface area (TPSA) is 122 Å². The molecular weight excluding hydrogens is 334 g/mol. The van der Waals surface area contributed by atoms with Gasteiger partial charge < -0.3 is 11.1 Å². The minimum Gasteiger partial charge on any atom is -0.382 e. The van der Waals surface area contributed by atoms with Gasteiger partial charge in [-0.1, -0.05) is 11.8 Å². The molecule has 0 radical (unpaired) electrons. The van der Waals surface area contributed by atoms with Gasteiger partial charge in [-0.25, -0.2) is 9.97 Å². The van der Waals surface area contributed by atoms with E-state index in [-0.39, 0.29) is 28.8 Å². The van der Waals surface area contributed by atoms with E-state index in [1.54, 1.807) is 6.07 Å². The number of hydrogen-bond acceptors (Lipinski definition) is 8. The predicted molar refractivity (Wildman–Crippen MR) is 88.1 cm³/mol. The van der Waals surface area contributed by atoms with Crippen LogP contribution in [0.2, 0.25) is 0 Å². The number of aromatic nitrogens is 2. The first-order chi connectivity index (χ1) is 11.0. The number of amides is 1. The fourth-order valence-electron chi connectivity index (χ4n) is 1.57. The van der Waals surface area contributed by atoms with E-state index in [4.69, 9.17) is 11.0 Å². The first-order valence-electron chi connectivity index (χ1n) is 6.51. The molecule has 2 aromatic rings. The second-order valence-electron chi connectivity index (χ2n) is 4.45. The van der Waals surface area contributed by atoms with Crippen LogP contribution in [-0.4, -0.2) is 27.4 Å². The van der Waals surface area contributed by atoms with Crippen LogP contribution >= 0.6 is 23.1 Å². The summed E-state index contributed by atoms with van der Waals surface area (Å²) in [6.45, 7) is 1.86. The van der Waals surface area contributed by atoms with Crippen LogP contribution in [0.4, 0.5) is 5.82 Å². The molecule has 23 heavy (non-hydrogen) atoms. The van der Waals surface area contributed by atoms with Crippen molar-refractivity contribution in [3.05, 3.63) is 33.6 Å². The molecule has 0 spiro atoms. The number of Topliss-reactive ketones (excluding diaryl/α,β-unsaturated/α-hetero) is 1. The highest BCUT2D eigenvalue weighted by Gasteiger charge is 2.12. The van der Waals surface area contributed by atoms with Crippen LogP contribution in [0.5, 0.6) is 0 Å². The summed E-state index contributed by atoms with van der Waals surface area (Å²) < 4.78 is 0. The monoisotopic (exact) mass is 347 g/mol. The van der Waals surface area contributed by atoms with Gasteiger partial charge in [-0.3, -0.25) is 9.59 Å². The van der Waals surface area contributed by atoms with Gasteiger partial charge in [-0.2, -0.15) is 5.26 Å². The van der Waals surface area contributed by atoms with Gasteiger partial charge in [-0.05, 0) is 12.1 Å². The van der Waals surface area contributed by atoms with E-state index in [1.807, 2.05) is 12.1 Å². The van der Waals surface area contributed by atoms with E-state index in [0.717, 1.165) is 16.6 Å². The molecule has 0 fully saturated rings. The zero-order valence-corrected chi connectivity index (χ0v) is 13.8. The fourth-order valence-corrected chi connectivity index (χ4v) is 3.25. The number of carbonyl (C=O) groups is 2. The molecule has 118 valence electrons. The summed E-state index contributed by atoms with van der Waals surface area (Å²) in [7, 11) is 0. The zero-order valence-electron chi connectivity index (χ0n) is 12.2. The molecule has 2 aromatic heterocycles. The van der Waals surface area contributed by atoms with Gasteiger partial charge in [0.15, 0.2) is 10.9 Å². The molecule has 0 saturated carbocycles. The van der Waals surface area contributed by atoms with Gasteiger partial charge in [-0.15, -0.1) is 11.3 Å². The number of nitrogens with two attached hydrogens (primary N) is 1. The highest BCUT2D eigenvalue weighted by molar-refractivity contribution is 7.99. The van der Waals surface area contributed by atoms with E-state index in [2.05, 4.69) is 15.3 Å². The number of anilines is 1. The molecule has 1 amide bonds. The van der Waals surface area contributed by atoms with Crippen LogP contribution in [0.15, 0.2) is 23.5 Å². The molecule has 7 nitrogen and oxygen atoms in total. The Kier molecular flexibility index (Phi) is 5.67. The number of rotatable bonds is 6. The Morgan fingerprint density at radius 2 is 2.26 bits per heavy atom. The molecule has 0 unspecified atom stereocenters. The quantitative estimate of drug-likeness (QED) is 0.462. The van der Waals surface area contributed by atoms with E-state index in [1.165, 1.54) is 24.5 Å². The van der Waals surface area contributed by atoms with Gasteiger partial charge in [0, 0.05) is 11.8 Å². The SMILES string of the molecule is CC(=O)NCc1ccc(C(=O)CSc2ncc(C#N)c(N)n2)s1.